The van der Waals surface area contributed by atoms with Gasteiger partial charge in [0.25, 0.3) is 0 Å². The second-order valence-electron chi connectivity index (χ2n) is 6.00. The van der Waals surface area contributed by atoms with Crippen LogP contribution in [0.3, 0.4) is 0 Å². The second-order valence-corrected chi connectivity index (χ2v) is 6.00. The van der Waals surface area contributed by atoms with Crippen LogP contribution in [0.25, 0.3) is 0 Å². The number of nitrogens with one attached hydrogen (secondary N) is 1. The Bertz CT molecular complexity index is 205. The number of likely N-dealkylation sites (tertiary alicyclic amines) is 1. The van der Waals surface area contributed by atoms with Crippen LogP contribution in [0.15, 0.2) is 0 Å². The average molecular weight is 224 g/mol. The van der Waals surface area contributed by atoms with Crippen molar-refractivity contribution in [2.45, 2.75) is 51.5 Å². The van der Waals surface area contributed by atoms with Gasteiger partial charge in [-0.25, -0.2) is 0 Å². The molecular weight excluding hydrogens is 196 g/mol. The van der Waals surface area contributed by atoms with Crippen LogP contribution in [-0.4, -0.2) is 37.6 Å². The Hall–Kier alpha value is -0.0800. The van der Waals surface area contributed by atoms with Gasteiger partial charge in [-0.15, -0.1) is 0 Å². The first-order valence-corrected chi connectivity index (χ1v) is 7.17. The van der Waals surface area contributed by atoms with E-state index in [0.29, 0.717) is 0 Å². The molecule has 1 saturated carbocycles. The molecule has 3 atom stereocenters. The van der Waals surface area contributed by atoms with E-state index in [0.717, 1.165) is 17.9 Å². The van der Waals surface area contributed by atoms with E-state index in [9.17, 15) is 0 Å². The van der Waals surface area contributed by atoms with Crippen molar-refractivity contribution < 1.29 is 0 Å². The first-order valence-electron chi connectivity index (χ1n) is 7.17. The van der Waals surface area contributed by atoms with Crippen molar-refractivity contribution in [2.24, 2.45) is 11.8 Å². The summed E-state index contributed by atoms with van der Waals surface area (Å²) in [7, 11) is 2.09. The largest absolute Gasteiger partial charge is 0.316 e. The maximum absolute atomic E-state index is 3.40. The first kappa shape index (κ1) is 12.4. The summed E-state index contributed by atoms with van der Waals surface area (Å²) in [5.74, 6) is 2.01. The van der Waals surface area contributed by atoms with Crippen molar-refractivity contribution in [2.75, 3.05) is 26.7 Å². The van der Waals surface area contributed by atoms with Crippen molar-refractivity contribution in [1.82, 2.24) is 10.2 Å². The van der Waals surface area contributed by atoms with Gasteiger partial charge in [-0.2, -0.15) is 0 Å². The smallest absolute Gasteiger partial charge is 0.0204 e. The molecule has 0 aromatic rings. The minimum absolute atomic E-state index is 0.755. The van der Waals surface area contributed by atoms with E-state index in [2.05, 4.69) is 24.2 Å². The fourth-order valence-electron chi connectivity index (χ4n) is 3.46. The molecule has 2 rings (SSSR count). The highest BCUT2D eigenvalue weighted by molar-refractivity contribution is 4.80. The van der Waals surface area contributed by atoms with Gasteiger partial charge in [-0.05, 0) is 51.2 Å². The molecule has 16 heavy (non-hydrogen) atoms. The lowest BCUT2D eigenvalue weighted by Gasteiger charge is -2.28. The van der Waals surface area contributed by atoms with Gasteiger partial charge in [-0.1, -0.05) is 26.2 Å². The van der Waals surface area contributed by atoms with E-state index in [1.54, 1.807) is 0 Å². The predicted octanol–water partition coefficient (Wildman–Crippen LogP) is 2.50. The van der Waals surface area contributed by atoms with E-state index < -0.39 is 0 Å². The summed E-state index contributed by atoms with van der Waals surface area (Å²) in [5.41, 5.74) is 0. The van der Waals surface area contributed by atoms with Crippen LogP contribution < -0.4 is 5.32 Å². The molecule has 2 nitrogen and oxygen atoms in total. The molecule has 2 aliphatic rings. The Kier molecular flexibility index (Phi) is 4.66. The second kappa shape index (κ2) is 6.02. The lowest BCUT2D eigenvalue weighted by molar-refractivity contribution is 0.230. The van der Waals surface area contributed by atoms with Gasteiger partial charge in [0.15, 0.2) is 0 Å². The van der Waals surface area contributed by atoms with E-state index in [1.807, 2.05) is 0 Å². The minimum atomic E-state index is 0.755. The predicted molar refractivity (Wildman–Crippen MR) is 69.6 cm³/mol. The third kappa shape index (κ3) is 3.46. The van der Waals surface area contributed by atoms with Crippen LogP contribution in [0.5, 0.6) is 0 Å². The maximum Gasteiger partial charge on any atom is 0.0204 e. The van der Waals surface area contributed by atoms with Gasteiger partial charge >= 0.3 is 0 Å². The molecule has 3 unspecified atom stereocenters. The lowest BCUT2D eigenvalue weighted by atomic mass is 9.81. The van der Waals surface area contributed by atoms with Crippen molar-refractivity contribution >= 4 is 0 Å². The fourth-order valence-corrected chi connectivity index (χ4v) is 3.46. The van der Waals surface area contributed by atoms with Crippen molar-refractivity contribution in [3.05, 3.63) is 0 Å². The molecule has 2 fully saturated rings. The Balaban J connectivity index is 1.64. The SMILES string of the molecule is CNC1CCN(CCC2CCCC(C)C2)C1. The third-order valence-corrected chi connectivity index (χ3v) is 4.58. The average Bonchev–Trinajstić information content (AvgIpc) is 2.74. The van der Waals surface area contributed by atoms with Gasteiger partial charge in [-0.3, -0.25) is 0 Å². The monoisotopic (exact) mass is 224 g/mol. The number of likely N-dealkylation sites (N-methyl/N-ethyl adjacent to an activating group) is 1. The van der Waals surface area contributed by atoms with Gasteiger partial charge in [0.05, 0.1) is 0 Å². The zero-order valence-corrected chi connectivity index (χ0v) is 11.0. The zero-order valence-electron chi connectivity index (χ0n) is 11.0. The number of rotatable bonds is 4. The third-order valence-electron chi connectivity index (χ3n) is 4.58. The summed E-state index contributed by atoms with van der Waals surface area (Å²) in [6.07, 6.45) is 8.72. The molecule has 0 aromatic carbocycles. The molecule has 1 heterocycles. The Morgan fingerprint density at radius 2 is 2.12 bits per heavy atom. The Labute approximate surface area is 101 Å². The fraction of sp³-hybridized carbons (Fsp3) is 1.00. The van der Waals surface area contributed by atoms with Gasteiger partial charge in [0.2, 0.25) is 0 Å². The molecule has 1 N–H and O–H groups in total. The highest BCUT2D eigenvalue weighted by Crippen LogP contribution is 2.30. The Morgan fingerprint density at radius 3 is 2.81 bits per heavy atom. The summed E-state index contributed by atoms with van der Waals surface area (Å²) >= 11 is 0. The minimum Gasteiger partial charge on any atom is -0.316 e. The highest BCUT2D eigenvalue weighted by Gasteiger charge is 2.23. The van der Waals surface area contributed by atoms with Gasteiger partial charge in [0.1, 0.15) is 0 Å². The number of hydrogen-bond donors (Lipinski definition) is 1. The van der Waals surface area contributed by atoms with E-state index in [-0.39, 0.29) is 0 Å². The van der Waals surface area contributed by atoms with Crippen LogP contribution in [0.2, 0.25) is 0 Å². The van der Waals surface area contributed by atoms with Crippen LogP contribution in [-0.2, 0) is 0 Å². The molecule has 0 bridgehead atoms. The number of nitrogens with zero attached hydrogens (tertiary/aromatic N) is 1. The van der Waals surface area contributed by atoms with Crippen LogP contribution >= 0.6 is 0 Å². The first-order chi connectivity index (χ1) is 7.78. The van der Waals surface area contributed by atoms with E-state index >= 15 is 0 Å². The summed E-state index contributed by atoms with van der Waals surface area (Å²) in [6.45, 7) is 6.36. The van der Waals surface area contributed by atoms with Crippen molar-refractivity contribution in [3.8, 4) is 0 Å². The summed E-state index contributed by atoms with van der Waals surface area (Å²) in [6, 6.07) is 0.755. The molecule has 1 aliphatic carbocycles. The van der Waals surface area contributed by atoms with Crippen LogP contribution in [0.4, 0.5) is 0 Å². The van der Waals surface area contributed by atoms with E-state index in [1.165, 1.54) is 58.2 Å². The van der Waals surface area contributed by atoms with Crippen LogP contribution in [0.1, 0.15) is 45.4 Å². The zero-order chi connectivity index (χ0) is 11.4. The summed E-state index contributed by atoms with van der Waals surface area (Å²) in [4.78, 5) is 2.65. The maximum atomic E-state index is 3.40. The normalized spacial score (nSPS) is 36.8. The molecule has 1 saturated heterocycles. The molecular formula is C14H28N2. The van der Waals surface area contributed by atoms with Gasteiger partial charge < -0.3 is 10.2 Å². The van der Waals surface area contributed by atoms with Crippen molar-refractivity contribution in [3.63, 3.8) is 0 Å². The standard InChI is InChI=1S/C14H28N2/c1-12-4-3-5-13(10-12)6-8-16-9-7-14(11-16)15-2/h12-15H,3-11H2,1-2H3. The lowest BCUT2D eigenvalue weighted by Crippen LogP contribution is -2.31. The molecule has 2 heteroatoms. The highest BCUT2D eigenvalue weighted by atomic mass is 15.2. The quantitative estimate of drug-likeness (QED) is 0.789. The molecule has 0 radical (unpaired) electrons. The molecule has 0 spiro atoms. The summed E-state index contributed by atoms with van der Waals surface area (Å²) < 4.78 is 0. The number of hydrogen-bond acceptors (Lipinski definition) is 2. The topological polar surface area (TPSA) is 15.3 Å². The molecule has 94 valence electrons. The van der Waals surface area contributed by atoms with Crippen molar-refractivity contribution in [1.29, 1.82) is 0 Å². The summed E-state index contributed by atoms with van der Waals surface area (Å²) in [5, 5.41) is 3.40. The van der Waals surface area contributed by atoms with E-state index in [4.69, 9.17) is 0 Å². The molecule has 0 aromatic heterocycles. The Morgan fingerprint density at radius 1 is 1.25 bits per heavy atom. The van der Waals surface area contributed by atoms with Crippen LogP contribution in [0, 0.1) is 11.8 Å². The molecule has 0 amide bonds. The molecule has 1 aliphatic heterocycles. The van der Waals surface area contributed by atoms with Gasteiger partial charge in [0, 0.05) is 12.6 Å².